The van der Waals surface area contributed by atoms with Crippen molar-refractivity contribution in [3.05, 3.63) is 164 Å². The van der Waals surface area contributed by atoms with Gasteiger partial charge in [-0.3, -0.25) is 0 Å². The Morgan fingerprint density at radius 2 is 0.420 bits per heavy atom. The summed E-state index contributed by atoms with van der Waals surface area (Å²) in [6.45, 7) is 17.7. The molecule has 0 unspecified atom stereocenters. The van der Waals surface area contributed by atoms with Gasteiger partial charge in [0.05, 0.1) is 0 Å². The van der Waals surface area contributed by atoms with E-state index in [2.05, 4.69) is 174 Å². The molecule has 0 amide bonds. The lowest BCUT2D eigenvalue weighted by Crippen LogP contribution is -2.06. The number of hydrogen-bond acceptors (Lipinski definition) is 4. The predicted molar refractivity (Wildman–Crippen MR) is 215 cm³/mol. The Labute approximate surface area is 298 Å². The minimum absolute atomic E-state index is 0.885. The fraction of sp³-hybridized carbons (Fsp3) is 0.217. The van der Waals surface area contributed by atoms with Crippen molar-refractivity contribution in [3.8, 4) is 0 Å². The third-order valence-corrected chi connectivity index (χ3v) is 11.0. The van der Waals surface area contributed by atoms with Crippen molar-refractivity contribution in [2.45, 2.75) is 68.2 Å². The average molecular weight is 657 g/mol. The number of anilines is 8. The van der Waals surface area contributed by atoms with Crippen LogP contribution in [0.4, 0.5) is 45.5 Å². The molecule has 12 bridgehead atoms. The smallest absolute Gasteiger partial charge is 0.0450 e. The van der Waals surface area contributed by atoms with Crippen LogP contribution in [0, 0.1) is 55.4 Å². The minimum Gasteiger partial charge on any atom is -0.355 e. The third kappa shape index (κ3) is 6.46. The van der Waals surface area contributed by atoms with Crippen molar-refractivity contribution in [1.29, 1.82) is 0 Å². The van der Waals surface area contributed by atoms with Crippen molar-refractivity contribution in [3.63, 3.8) is 0 Å². The van der Waals surface area contributed by atoms with Crippen molar-refractivity contribution >= 4 is 45.5 Å². The van der Waals surface area contributed by atoms with E-state index in [0.717, 1.165) is 35.6 Å². The fourth-order valence-electron chi connectivity index (χ4n) is 7.25. The molecule has 22 rings (SSSR count). The lowest BCUT2D eigenvalue weighted by atomic mass is 9.95. The van der Waals surface area contributed by atoms with Gasteiger partial charge >= 0.3 is 0 Å². The summed E-state index contributed by atoms with van der Waals surface area (Å²) in [5.74, 6) is 0. The van der Waals surface area contributed by atoms with E-state index in [-0.39, 0.29) is 0 Å². The molecular weight excluding hydrogens is 609 g/mol. The molecule has 16 aliphatic heterocycles. The third-order valence-electron chi connectivity index (χ3n) is 11.0. The van der Waals surface area contributed by atoms with Gasteiger partial charge in [0.25, 0.3) is 0 Å². The van der Waals surface area contributed by atoms with Crippen LogP contribution in [0.15, 0.2) is 97.1 Å². The molecule has 0 radical (unpaired) electrons. The summed E-state index contributed by atoms with van der Waals surface area (Å²) in [7, 11) is 0. The maximum Gasteiger partial charge on any atom is 0.0450 e. The summed E-state index contributed by atoms with van der Waals surface area (Å²) in [6.07, 6.45) is 1.77. The van der Waals surface area contributed by atoms with Gasteiger partial charge in [0, 0.05) is 45.5 Å². The Morgan fingerprint density at radius 1 is 0.260 bits per heavy atom. The largest absolute Gasteiger partial charge is 0.355 e. The van der Waals surface area contributed by atoms with E-state index in [1.54, 1.807) is 0 Å². The van der Waals surface area contributed by atoms with Gasteiger partial charge < -0.3 is 21.3 Å². The molecule has 252 valence electrons. The standard InChI is InChI=1S/C46H48N4/c1-27-28(2)44-30(4)29(3)43(27)47-39-17-9-35(10-18-39)25-37-13-21-41(22-14-37)49-45-31(5)33(7)46(34(8)32(45)6)50-42-23-15-38(16-24-42)26-36-11-19-40(48-44)20-12-36/h9-24,47-50H,25-26H2,1-8H3. The summed E-state index contributed by atoms with van der Waals surface area (Å²) >= 11 is 0. The molecule has 0 aliphatic carbocycles. The van der Waals surface area contributed by atoms with Crippen LogP contribution in [0.25, 0.3) is 0 Å². The van der Waals surface area contributed by atoms with Gasteiger partial charge in [-0.25, -0.2) is 0 Å². The van der Waals surface area contributed by atoms with Gasteiger partial charge in [-0.15, -0.1) is 0 Å². The van der Waals surface area contributed by atoms with E-state index in [4.69, 9.17) is 0 Å². The molecule has 4 N–H and O–H groups in total. The van der Waals surface area contributed by atoms with Gasteiger partial charge in [0.15, 0.2) is 0 Å². The first-order chi connectivity index (χ1) is 24.0. The van der Waals surface area contributed by atoms with E-state index in [0.29, 0.717) is 0 Å². The molecule has 0 fully saturated rings. The Hall–Kier alpha value is -5.48. The molecule has 16 aliphatic rings. The highest BCUT2D eigenvalue weighted by Gasteiger charge is 2.17. The van der Waals surface area contributed by atoms with Crippen LogP contribution in [-0.4, -0.2) is 0 Å². The van der Waals surface area contributed by atoms with E-state index in [1.807, 2.05) is 0 Å². The second-order valence-corrected chi connectivity index (χ2v) is 14.1. The van der Waals surface area contributed by atoms with Gasteiger partial charge in [-0.05, 0) is 184 Å². The quantitative estimate of drug-likeness (QED) is 0.131. The normalized spacial score (nSPS) is 12.5. The van der Waals surface area contributed by atoms with E-state index in [9.17, 15) is 0 Å². The number of rotatable bonds is 0. The molecule has 0 saturated heterocycles. The first-order valence-electron chi connectivity index (χ1n) is 17.7. The van der Waals surface area contributed by atoms with Gasteiger partial charge in [-0.1, -0.05) is 48.5 Å². The molecule has 4 heteroatoms. The molecule has 0 saturated carbocycles. The summed E-state index contributed by atoms with van der Waals surface area (Å²) < 4.78 is 0. The Morgan fingerprint density at radius 3 is 0.580 bits per heavy atom. The zero-order chi connectivity index (χ0) is 35.1. The van der Waals surface area contributed by atoms with Crippen LogP contribution < -0.4 is 21.3 Å². The maximum atomic E-state index is 3.75. The SMILES string of the molecule is Cc1c(C)c2c(C)c(C)c1Nc1ccc(cc1)Cc1ccc(cc1)Nc1c(C)c(C)c(c(C)c1C)Nc1ccc(cc1)Cc1ccc(cc1)N2. The van der Waals surface area contributed by atoms with Crippen LogP contribution in [0.3, 0.4) is 0 Å². The van der Waals surface area contributed by atoms with Crippen molar-refractivity contribution in [2.24, 2.45) is 0 Å². The maximum absolute atomic E-state index is 3.75. The van der Waals surface area contributed by atoms with Crippen LogP contribution in [0.5, 0.6) is 0 Å². The molecule has 16 heterocycles. The molecule has 6 aromatic rings. The highest BCUT2D eigenvalue weighted by Crippen LogP contribution is 2.39. The summed E-state index contributed by atoms with van der Waals surface area (Å²) in [4.78, 5) is 0. The van der Waals surface area contributed by atoms with Crippen molar-refractivity contribution < 1.29 is 0 Å². The zero-order valence-electron chi connectivity index (χ0n) is 30.7. The fourth-order valence-corrected chi connectivity index (χ4v) is 7.25. The topological polar surface area (TPSA) is 48.1 Å². The summed E-state index contributed by atoms with van der Waals surface area (Å²) in [5.41, 5.74) is 24.4. The van der Waals surface area contributed by atoms with Gasteiger partial charge in [-0.2, -0.15) is 0 Å². The first kappa shape index (κ1) is 33.0. The Bertz CT molecular complexity index is 1820. The first-order valence-corrected chi connectivity index (χ1v) is 17.7. The zero-order valence-corrected chi connectivity index (χ0v) is 30.7. The Kier molecular flexibility index (Phi) is 8.88. The molecule has 50 heavy (non-hydrogen) atoms. The highest BCUT2D eigenvalue weighted by atomic mass is 14.9. The van der Waals surface area contributed by atoms with Crippen LogP contribution in [-0.2, 0) is 12.8 Å². The summed E-state index contributed by atoms with van der Waals surface area (Å²) in [6, 6.07) is 35.5. The highest BCUT2D eigenvalue weighted by molar-refractivity contribution is 5.81. The second-order valence-electron chi connectivity index (χ2n) is 14.1. The lowest BCUT2D eigenvalue weighted by Gasteiger charge is -2.23. The van der Waals surface area contributed by atoms with Crippen LogP contribution in [0.2, 0.25) is 0 Å². The van der Waals surface area contributed by atoms with Crippen molar-refractivity contribution in [2.75, 3.05) is 21.3 Å². The second kappa shape index (κ2) is 13.4. The summed E-state index contributed by atoms with van der Waals surface area (Å²) in [5, 5.41) is 15.0. The van der Waals surface area contributed by atoms with Crippen molar-refractivity contribution in [1.82, 2.24) is 0 Å². The molecule has 0 aromatic heterocycles. The monoisotopic (exact) mass is 656 g/mol. The molecule has 0 spiro atoms. The van der Waals surface area contributed by atoms with Crippen LogP contribution >= 0.6 is 0 Å². The lowest BCUT2D eigenvalue weighted by molar-refractivity contribution is 1.19. The van der Waals surface area contributed by atoms with E-state index < -0.39 is 0 Å². The average Bonchev–Trinajstić information content (AvgIpc) is 3.13. The van der Waals surface area contributed by atoms with Gasteiger partial charge in [0.2, 0.25) is 0 Å². The number of benzene rings is 6. The molecule has 6 aromatic carbocycles. The number of hydrogen-bond donors (Lipinski definition) is 4. The molecular formula is C46H48N4. The Balaban J connectivity index is 1.25. The van der Waals surface area contributed by atoms with Gasteiger partial charge in [0.1, 0.15) is 0 Å². The molecule has 0 atom stereocenters. The molecule has 4 nitrogen and oxygen atoms in total. The number of nitrogens with one attached hydrogen (secondary N) is 4. The predicted octanol–water partition coefficient (Wildman–Crippen LogP) is 12.6. The minimum atomic E-state index is 0.885. The van der Waals surface area contributed by atoms with Crippen LogP contribution in [0.1, 0.15) is 66.8 Å². The van der Waals surface area contributed by atoms with E-state index in [1.165, 1.54) is 89.5 Å². The van der Waals surface area contributed by atoms with E-state index >= 15 is 0 Å².